The number of fused-ring (bicyclic) bond motifs is 1. The summed E-state index contributed by atoms with van der Waals surface area (Å²) in [5.41, 5.74) is 4.65. The molecule has 0 spiro atoms. The highest BCUT2D eigenvalue weighted by molar-refractivity contribution is 6.31. The Labute approximate surface area is 193 Å². The molecular formula is C26H28ClN4O+. The van der Waals surface area contributed by atoms with Gasteiger partial charge in [0.2, 0.25) is 0 Å². The van der Waals surface area contributed by atoms with E-state index in [0.29, 0.717) is 0 Å². The lowest BCUT2D eigenvalue weighted by Crippen LogP contribution is -3.13. The first kappa shape index (κ1) is 20.9. The smallest absolute Gasteiger partial charge is 0.165 e. The lowest BCUT2D eigenvalue weighted by molar-refractivity contribution is -0.915. The van der Waals surface area contributed by atoms with Gasteiger partial charge in [-0.25, -0.2) is 4.98 Å². The molecule has 1 aliphatic rings. The number of methoxy groups -OCH3 is 1. The molecule has 0 atom stereocenters. The number of piperazine rings is 1. The number of imidazole rings is 1. The standard InChI is InChI=1S/C26H27ClN4O/c1-32-23-10-8-22(9-11-23)30-15-13-29(14-16-30)19-26-28-24-17-21(27)7-12-25(24)31(26)18-20-5-3-2-4-6-20/h2-12,17H,13-16,18-19H2,1H3/p+1. The van der Waals surface area contributed by atoms with Crippen LogP contribution in [0.2, 0.25) is 5.02 Å². The Morgan fingerprint density at radius 2 is 1.72 bits per heavy atom. The zero-order chi connectivity index (χ0) is 21.9. The number of ether oxygens (including phenoxy) is 1. The molecule has 0 saturated carbocycles. The van der Waals surface area contributed by atoms with E-state index in [1.807, 2.05) is 24.3 Å². The summed E-state index contributed by atoms with van der Waals surface area (Å²) in [5, 5.41) is 0.730. The molecule has 0 aliphatic carbocycles. The molecule has 3 aromatic carbocycles. The van der Waals surface area contributed by atoms with Crippen molar-refractivity contribution >= 4 is 28.3 Å². The van der Waals surface area contributed by atoms with Crippen molar-refractivity contribution in [3.63, 3.8) is 0 Å². The zero-order valence-corrected chi connectivity index (χ0v) is 19.1. The molecular weight excluding hydrogens is 420 g/mol. The van der Waals surface area contributed by atoms with E-state index < -0.39 is 0 Å². The Hall–Kier alpha value is -3.02. The largest absolute Gasteiger partial charge is 0.497 e. The predicted octanol–water partition coefficient (Wildman–Crippen LogP) is 3.65. The van der Waals surface area contributed by atoms with Crippen molar-refractivity contribution in [2.45, 2.75) is 13.1 Å². The molecule has 0 bridgehead atoms. The lowest BCUT2D eigenvalue weighted by atomic mass is 10.2. The van der Waals surface area contributed by atoms with Gasteiger partial charge in [0.15, 0.2) is 5.82 Å². The second-order valence-electron chi connectivity index (χ2n) is 8.34. The number of aromatic nitrogens is 2. The molecule has 164 valence electrons. The molecule has 0 amide bonds. The van der Waals surface area contributed by atoms with Gasteiger partial charge in [0.25, 0.3) is 0 Å². The van der Waals surface area contributed by atoms with Crippen LogP contribution in [0.15, 0.2) is 72.8 Å². The molecule has 1 aliphatic heterocycles. The van der Waals surface area contributed by atoms with Crippen LogP contribution in [0.3, 0.4) is 0 Å². The van der Waals surface area contributed by atoms with Gasteiger partial charge in [-0.05, 0) is 48.0 Å². The summed E-state index contributed by atoms with van der Waals surface area (Å²) in [6.45, 7) is 5.97. The van der Waals surface area contributed by atoms with Crippen LogP contribution < -0.4 is 14.5 Å². The van der Waals surface area contributed by atoms with E-state index >= 15 is 0 Å². The Balaban J connectivity index is 1.33. The molecule has 1 fully saturated rings. The van der Waals surface area contributed by atoms with Gasteiger partial charge in [0, 0.05) is 17.3 Å². The Bertz CT molecular complexity index is 1180. The maximum absolute atomic E-state index is 6.26. The number of nitrogens with zero attached hydrogens (tertiary/aromatic N) is 3. The number of nitrogens with one attached hydrogen (secondary N) is 1. The first-order chi connectivity index (χ1) is 15.7. The highest BCUT2D eigenvalue weighted by Gasteiger charge is 2.23. The summed E-state index contributed by atoms with van der Waals surface area (Å²) in [6.07, 6.45) is 0. The predicted molar refractivity (Wildman–Crippen MR) is 130 cm³/mol. The van der Waals surface area contributed by atoms with E-state index in [2.05, 4.69) is 58.0 Å². The molecule has 6 heteroatoms. The molecule has 1 aromatic heterocycles. The van der Waals surface area contributed by atoms with Crippen LogP contribution in [0.4, 0.5) is 5.69 Å². The number of halogens is 1. The third-order valence-electron chi connectivity index (χ3n) is 6.29. The molecule has 0 radical (unpaired) electrons. The normalized spacial score (nSPS) is 14.8. The minimum absolute atomic E-state index is 0.730. The van der Waals surface area contributed by atoms with Crippen LogP contribution in [0, 0.1) is 0 Å². The Morgan fingerprint density at radius 1 is 0.969 bits per heavy atom. The number of hydrogen-bond donors (Lipinski definition) is 1. The maximum Gasteiger partial charge on any atom is 0.165 e. The average molecular weight is 448 g/mol. The fourth-order valence-electron chi connectivity index (χ4n) is 4.50. The topological polar surface area (TPSA) is 34.7 Å². The van der Waals surface area contributed by atoms with Gasteiger partial charge in [-0.2, -0.15) is 0 Å². The van der Waals surface area contributed by atoms with E-state index in [-0.39, 0.29) is 0 Å². The molecule has 5 nitrogen and oxygen atoms in total. The van der Waals surface area contributed by atoms with Crippen LogP contribution in [-0.4, -0.2) is 42.8 Å². The Kier molecular flexibility index (Phi) is 6.02. The number of rotatable bonds is 6. The van der Waals surface area contributed by atoms with Gasteiger partial charge in [0.1, 0.15) is 12.3 Å². The first-order valence-electron chi connectivity index (χ1n) is 11.1. The van der Waals surface area contributed by atoms with Crippen LogP contribution >= 0.6 is 11.6 Å². The van der Waals surface area contributed by atoms with Gasteiger partial charge in [-0.1, -0.05) is 41.9 Å². The van der Waals surface area contributed by atoms with Crippen molar-refractivity contribution < 1.29 is 9.64 Å². The van der Waals surface area contributed by atoms with Crippen molar-refractivity contribution in [3.05, 3.63) is 89.2 Å². The van der Waals surface area contributed by atoms with Gasteiger partial charge in [-0.3, -0.25) is 0 Å². The summed E-state index contributed by atoms with van der Waals surface area (Å²) in [6, 6.07) is 25.0. The van der Waals surface area contributed by atoms with Crippen molar-refractivity contribution in [2.75, 3.05) is 38.2 Å². The van der Waals surface area contributed by atoms with E-state index in [9.17, 15) is 0 Å². The molecule has 4 aromatic rings. The second kappa shape index (κ2) is 9.23. The van der Waals surface area contributed by atoms with E-state index in [0.717, 1.165) is 66.9 Å². The quantitative estimate of drug-likeness (QED) is 0.490. The van der Waals surface area contributed by atoms with Gasteiger partial charge in [0.05, 0.1) is 44.3 Å². The first-order valence-corrected chi connectivity index (χ1v) is 11.5. The molecule has 5 rings (SSSR count). The molecule has 2 heterocycles. The van der Waals surface area contributed by atoms with Crippen LogP contribution in [0.25, 0.3) is 11.0 Å². The summed E-state index contributed by atoms with van der Waals surface area (Å²) < 4.78 is 7.64. The highest BCUT2D eigenvalue weighted by Crippen LogP contribution is 2.22. The molecule has 0 unspecified atom stereocenters. The second-order valence-corrected chi connectivity index (χ2v) is 8.78. The SMILES string of the molecule is COc1ccc(N2CC[NH+](Cc3nc4cc(Cl)ccc4n3Cc3ccccc3)CC2)cc1. The molecule has 1 saturated heterocycles. The van der Waals surface area contributed by atoms with Gasteiger partial charge >= 0.3 is 0 Å². The van der Waals surface area contributed by atoms with Crippen molar-refractivity contribution in [1.82, 2.24) is 9.55 Å². The van der Waals surface area contributed by atoms with E-state index in [1.165, 1.54) is 11.3 Å². The summed E-state index contributed by atoms with van der Waals surface area (Å²) in [5.74, 6) is 2.02. The summed E-state index contributed by atoms with van der Waals surface area (Å²) in [4.78, 5) is 9.00. The summed E-state index contributed by atoms with van der Waals surface area (Å²) >= 11 is 6.26. The summed E-state index contributed by atoms with van der Waals surface area (Å²) in [7, 11) is 1.70. The maximum atomic E-state index is 6.26. The minimum Gasteiger partial charge on any atom is -0.497 e. The third-order valence-corrected chi connectivity index (χ3v) is 6.52. The van der Waals surface area contributed by atoms with Gasteiger partial charge in [-0.15, -0.1) is 0 Å². The van der Waals surface area contributed by atoms with Crippen molar-refractivity contribution in [1.29, 1.82) is 0 Å². The van der Waals surface area contributed by atoms with Crippen molar-refractivity contribution in [2.24, 2.45) is 0 Å². The fourth-order valence-corrected chi connectivity index (χ4v) is 4.67. The van der Waals surface area contributed by atoms with Crippen molar-refractivity contribution in [3.8, 4) is 5.75 Å². The number of anilines is 1. The number of benzene rings is 3. The Morgan fingerprint density at radius 3 is 2.44 bits per heavy atom. The van der Waals surface area contributed by atoms with E-state index in [4.69, 9.17) is 21.3 Å². The highest BCUT2D eigenvalue weighted by atomic mass is 35.5. The van der Waals surface area contributed by atoms with Crippen LogP contribution in [0.1, 0.15) is 11.4 Å². The van der Waals surface area contributed by atoms with Crippen LogP contribution in [0.5, 0.6) is 5.75 Å². The monoisotopic (exact) mass is 447 g/mol. The average Bonchev–Trinajstić information content (AvgIpc) is 3.16. The zero-order valence-electron chi connectivity index (χ0n) is 18.3. The van der Waals surface area contributed by atoms with E-state index in [1.54, 1.807) is 12.0 Å². The minimum atomic E-state index is 0.730. The fraction of sp³-hybridized carbons (Fsp3) is 0.269. The van der Waals surface area contributed by atoms with Crippen LogP contribution in [-0.2, 0) is 13.1 Å². The number of hydrogen-bond acceptors (Lipinski definition) is 3. The number of quaternary nitrogens is 1. The lowest BCUT2D eigenvalue weighted by Gasteiger charge is -2.33. The third kappa shape index (κ3) is 4.45. The van der Waals surface area contributed by atoms with Gasteiger partial charge < -0.3 is 19.1 Å². The molecule has 1 N–H and O–H groups in total. The molecule has 32 heavy (non-hydrogen) atoms.